The van der Waals surface area contributed by atoms with E-state index < -0.39 is 0 Å². The average Bonchev–Trinajstić information content (AvgIpc) is 3.21. The van der Waals surface area contributed by atoms with Crippen LogP contribution in [0.4, 0.5) is 11.8 Å². The quantitative estimate of drug-likeness (QED) is 0.303. The molecule has 0 aliphatic carbocycles. The van der Waals surface area contributed by atoms with Crippen molar-refractivity contribution in [3.8, 4) is 5.75 Å². The van der Waals surface area contributed by atoms with Crippen molar-refractivity contribution in [2.24, 2.45) is 0 Å². The molecular weight excluding hydrogens is 428 g/mol. The number of imidazole rings is 1. The topological polar surface area (TPSA) is 108 Å². The number of aliphatic hydroxyl groups is 1. The summed E-state index contributed by atoms with van der Waals surface area (Å²) in [5.74, 6) is 0.953. The van der Waals surface area contributed by atoms with Crippen LogP contribution in [0.5, 0.6) is 5.75 Å². The first-order valence-electron chi connectivity index (χ1n) is 10.4. The zero-order valence-electron chi connectivity index (χ0n) is 17.7. The SMILES string of the molecule is CCC(CO)Nc1nc(NCc2cccc(Cl)c2O)c2ncn(Cc3ccccc3)c2n1. The number of phenolic OH excluding ortho intramolecular Hbond substituents is 1. The van der Waals surface area contributed by atoms with Crippen LogP contribution in [0.1, 0.15) is 24.5 Å². The number of hydrogen-bond donors (Lipinski definition) is 4. The molecule has 8 nitrogen and oxygen atoms in total. The van der Waals surface area contributed by atoms with Crippen LogP contribution in [0.2, 0.25) is 5.02 Å². The minimum Gasteiger partial charge on any atom is -0.506 e. The summed E-state index contributed by atoms with van der Waals surface area (Å²) in [7, 11) is 0. The van der Waals surface area contributed by atoms with Gasteiger partial charge in [0.1, 0.15) is 5.75 Å². The number of aromatic hydroxyl groups is 1. The van der Waals surface area contributed by atoms with Crippen LogP contribution in [0, 0.1) is 0 Å². The van der Waals surface area contributed by atoms with Crippen molar-refractivity contribution >= 4 is 34.5 Å². The number of nitrogens with zero attached hydrogens (tertiary/aromatic N) is 4. The Morgan fingerprint density at radius 1 is 1.09 bits per heavy atom. The van der Waals surface area contributed by atoms with Crippen LogP contribution in [0.25, 0.3) is 11.2 Å². The van der Waals surface area contributed by atoms with E-state index in [9.17, 15) is 10.2 Å². The lowest BCUT2D eigenvalue weighted by Crippen LogP contribution is -2.24. The molecule has 1 atom stereocenters. The predicted octanol–water partition coefficient (Wildman–Crippen LogP) is 4.03. The molecule has 0 aliphatic heterocycles. The molecule has 0 saturated carbocycles. The van der Waals surface area contributed by atoms with E-state index >= 15 is 0 Å². The van der Waals surface area contributed by atoms with Crippen molar-refractivity contribution in [1.82, 2.24) is 19.5 Å². The molecule has 0 radical (unpaired) electrons. The standard InChI is InChI=1S/C23H25ClN6O2/c1-2-17(13-31)27-23-28-21(25-11-16-9-6-10-18(24)20(16)32)19-22(29-23)30(14-26-19)12-15-7-4-3-5-8-15/h3-10,14,17,31-32H,2,11-13H2,1H3,(H2,25,27,28,29). The lowest BCUT2D eigenvalue weighted by molar-refractivity contribution is 0.271. The first-order valence-corrected chi connectivity index (χ1v) is 10.8. The molecule has 0 fully saturated rings. The van der Waals surface area contributed by atoms with Crippen LogP contribution >= 0.6 is 11.6 Å². The number of anilines is 2. The molecule has 0 saturated heterocycles. The maximum atomic E-state index is 10.2. The fourth-order valence-electron chi connectivity index (χ4n) is 3.37. The third-order valence-electron chi connectivity index (χ3n) is 5.22. The highest BCUT2D eigenvalue weighted by atomic mass is 35.5. The maximum Gasteiger partial charge on any atom is 0.227 e. The van der Waals surface area contributed by atoms with Crippen molar-refractivity contribution in [2.45, 2.75) is 32.5 Å². The van der Waals surface area contributed by atoms with E-state index in [1.165, 1.54) is 0 Å². The first kappa shape index (κ1) is 21.9. The Morgan fingerprint density at radius 2 is 1.91 bits per heavy atom. The second-order valence-corrected chi connectivity index (χ2v) is 7.87. The van der Waals surface area contributed by atoms with Crippen LogP contribution in [0.15, 0.2) is 54.9 Å². The lowest BCUT2D eigenvalue weighted by atomic mass is 10.2. The molecule has 0 aliphatic rings. The van der Waals surface area contributed by atoms with Gasteiger partial charge in [-0.2, -0.15) is 9.97 Å². The summed E-state index contributed by atoms with van der Waals surface area (Å²) >= 11 is 6.03. The lowest BCUT2D eigenvalue weighted by Gasteiger charge is -2.16. The van der Waals surface area contributed by atoms with Gasteiger partial charge >= 0.3 is 0 Å². The highest BCUT2D eigenvalue weighted by molar-refractivity contribution is 6.32. The Balaban J connectivity index is 1.70. The molecule has 2 heterocycles. The Bertz CT molecular complexity index is 1190. The zero-order valence-corrected chi connectivity index (χ0v) is 18.4. The molecule has 2 aromatic heterocycles. The summed E-state index contributed by atoms with van der Waals surface area (Å²) in [5, 5.41) is 26.6. The first-order chi connectivity index (χ1) is 15.6. The monoisotopic (exact) mass is 452 g/mol. The molecule has 4 aromatic rings. The van der Waals surface area contributed by atoms with Crippen LogP contribution in [-0.2, 0) is 13.1 Å². The summed E-state index contributed by atoms with van der Waals surface area (Å²) in [5.41, 5.74) is 3.05. The smallest absolute Gasteiger partial charge is 0.227 e. The molecule has 0 amide bonds. The summed E-state index contributed by atoms with van der Waals surface area (Å²) in [6, 6.07) is 15.1. The van der Waals surface area contributed by atoms with Gasteiger partial charge in [0, 0.05) is 12.1 Å². The molecule has 9 heteroatoms. The maximum absolute atomic E-state index is 10.2. The normalized spacial score (nSPS) is 12.1. The summed E-state index contributed by atoms with van der Waals surface area (Å²) in [6.45, 7) is 2.87. The van der Waals surface area contributed by atoms with E-state index in [1.54, 1.807) is 24.5 Å². The van der Waals surface area contributed by atoms with Gasteiger partial charge in [0.2, 0.25) is 5.95 Å². The highest BCUT2D eigenvalue weighted by Gasteiger charge is 2.16. The van der Waals surface area contributed by atoms with Crippen LogP contribution < -0.4 is 10.6 Å². The van der Waals surface area contributed by atoms with Gasteiger partial charge in [-0.15, -0.1) is 0 Å². The van der Waals surface area contributed by atoms with Crippen LogP contribution in [-0.4, -0.2) is 42.4 Å². The molecule has 4 N–H and O–H groups in total. The van der Waals surface area contributed by atoms with Crippen molar-refractivity contribution in [3.63, 3.8) is 0 Å². The molecule has 1 unspecified atom stereocenters. The van der Waals surface area contributed by atoms with Gasteiger partial charge in [0.05, 0.1) is 30.5 Å². The Hall–Kier alpha value is -3.36. The second kappa shape index (κ2) is 9.84. The van der Waals surface area contributed by atoms with E-state index in [2.05, 4.69) is 25.6 Å². The second-order valence-electron chi connectivity index (χ2n) is 7.46. The number of benzene rings is 2. The molecule has 2 aromatic carbocycles. The Kier molecular flexibility index (Phi) is 6.72. The van der Waals surface area contributed by atoms with E-state index in [-0.39, 0.29) is 18.4 Å². The number of halogens is 1. The molecular formula is C23H25ClN6O2. The molecule has 0 spiro atoms. The van der Waals surface area contributed by atoms with Gasteiger partial charge in [-0.1, -0.05) is 61.0 Å². The van der Waals surface area contributed by atoms with Gasteiger partial charge in [-0.3, -0.25) is 0 Å². The van der Waals surface area contributed by atoms with E-state index in [4.69, 9.17) is 11.6 Å². The van der Waals surface area contributed by atoms with E-state index in [1.807, 2.05) is 41.8 Å². The minimum atomic E-state index is -0.164. The molecule has 32 heavy (non-hydrogen) atoms. The van der Waals surface area contributed by atoms with Crippen molar-refractivity contribution in [3.05, 3.63) is 71.0 Å². The average molecular weight is 453 g/mol. The van der Waals surface area contributed by atoms with E-state index in [0.29, 0.717) is 46.6 Å². The number of para-hydroxylation sites is 1. The van der Waals surface area contributed by atoms with Crippen LogP contribution in [0.3, 0.4) is 0 Å². The fourth-order valence-corrected chi connectivity index (χ4v) is 3.56. The molecule has 4 rings (SSSR count). The number of hydrogen-bond acceptors (Lipinski definition) is 7. The Morgan fingerprint density at radius 3 is 2.66 bits per heavy atom. The number of nitrogens with one attached hydrogen (secondary N) is 2. The molecule has 166 valence electrons. The third-order valence-corrected chi connectivity index (χ3v) is 5.53. The predicted molar refractivity (Wildman–Crippen MR) is 126 cm³/mol. The number of fused-ring (bicyclic) bond motifs is 1. The number of rotatable bonds is 9. The summed E-state index contributed by atoms with van der Waals surface area (Å²) in [6.07, 6.45) is 2.46. The van der Waals surface area contributed by atoms with Crippen molar-refractivity contribution < 1.29 is 10.2 Å². The van der Waals surface area contributed by atoms with Gasteiger partial charge < -0.3 is 25.4 Å². The zero-order chi connectivity index (χ0) is 22.5. The number of phenols is 1. The van der Waals surface area contributed by atoms with Gasteiger partial charge in [-0.05, 0) is 18.1 Å². The largest absolute Gasteiger partial charge is 0.506 e. The van der Waals surface area contributed by atoms with Crippen molar-refractivity contribution in [1.29, 1.82) is 0 Å². The summed E-state index contributed by atoms with van der Waals surface area (Å²) in [4.78, 5) is 13.8. The third kappa shape index (κ3) is 4.76. The van der Waals surface area contributed by atoms with Gasteiger partial charge in [-0.25, -0.2) is 4.98 Å². The fraction of sp³-hybridized carbons (Fsp3) is 0.261. The molecule has 0 bridgehead atoms. The van der Waals surface area contributed by atoms with Gasteiger partial charge in [0.15, 0.2) is 17.0 Å². The van der Waals surface area contributed by atoms with Gasteiger partial charge in [0.25, 0.3) is 0 Å². The Labute approximate surface area is 190 Å². The summed E-state index contributed by atoms with van der Waals surface area (Å²) < 4.78 is 1.96. The van der Waals surface area contributed by atoms with E-state index in [0.717, 1.165) is 12.0 Å². The highest BCUT2D eigenvalue weighted by Crippen LogP contribution is 2.28. The number of aliphatic hydroxyl groups excluding tert-OH is 1. The van der Waals surface area contributed by atoms with Crippen molar-refractivity contribution in [2.75, 3.05) is 17.2 Å². The minimum absolute atomic E-state index is 0.0275. The number of aromatic nitrogens is 4.